The van der Waals surface area contributed by atoms with E-state index in [1.165, 1.54) is 40.5 Å². The van der Waals surface area contributed by atoms with Crippen LogP contribution in [0.25, 0.3) is 16.0 Å². The van der Waals surface area contributed by atoms with Gasteiger partial charge in [-0.3, -0.25) is 24.6 Å². The number of aliphatic hydroxyl groups is 1. The Morgan fingerprint density at radius 3 is 2.59 bits per heavy atom. The Morgan fingerprint density at radius 2 is 1.87 bits per heavy atom. The van der Waals surface area contributed by atoms with Gasteiger partial charge in [-0.1, -0.05) is 17.4 Å². The molecule has 6 rings (SSSR count). The lowest BCUT2D eigenvalue weighted by atomic mass is 9.94. The number of nitro groups is 1. The number of thiazole rings is 1. The fourth-order valence-corrected chi connectivity index (χ4v) is 6.48. The Balaban J connectivity index is 1.54. The molecule has 0 saturated carbocycles. The van der Waals surface area contributed by atoms with Crippen molar-refractivity contribution in [2.24, 2.45) is 0 Å². The first kappa shape index (κ1) is 24.7. The SMILES string of the molecule is Cc1cc(C)c2nc(N3C(=O)C(=O)C(=C(O)c4ccc5c(c4)C[C@H](C)O5)[C@@H]3c3ccc([N+](=O)[O-])cc3)sc2c1. The van der Waals surface area contributed by atoms with Crippen LogP contribution in [0.5, 0.6) is 5.75 Å². The molecule has 10 heteroatoms. The van der Waals surface area contributed by atoms with Crippen molar-refractivity contribution >= 4 is 49.8 Å². The van der Waals surface area contributed by atoms with E-state index in [-0.39, 0.29) is 23.1 Å². The normalized spacial score (nSPS) is 19.9. The number of hydrogen-bond donors (Lipinski definition) is 1. The quantitative estimate of drug-likeness (QED) is 0.114. The van der Waals surface area contributed by atoms with Gasteiger partial charge in [0.2, 0.25) is 0 Å². The number of ketones is 1. The molecule has 2 atom stereocenters. The minimum Gasteiger partial charge on any atom is -0.507 e. The van der Waals surface area contributed by atoms with Crippen molar-refractivity contribution in [3.63, 3.8) is 0 Å². The lowest BCUT2D eigenvalue weighted by Crippen LogP contribution is -2.29. The van der Waals surface area contributed by atoms with Gasteiger partial charge in [-0.25, -0.2) is 4.98 Å². The molecule has 1 amide bonds. The van der Waals surface area contributed by atoms with Crippen molar-refractivity contribution in [3.8, 4) is 5.75 Å². The van der Waals surface area contributed by atoms with E-state index < -0.39 is 22.7 Å². The highest BCUT2D eigenvalue weighted by Gasteiger charge is 2.48. The molecule has 9 nitrogen and oxygen atoms in total. The summed E-state index contributed by atoms with van der Waals surface area (Å²) in [4.78, 5) is 43.8. The number of carbonyl (C=O) groups is 2. The lowest BCUT2D eigenvalue weighted by molar-refractivity contribution is -0.384. The van der Waals surface area contributed by atoms with Gasteiger partial charge in [0.1, 0.15) is 17.6 Å². The predicted molar refractivity (Wildman–Crippen MR) is 147 cm³/mol. The van der Waals surface area contributed by atoms with Crippen LogP contribution < -0.4 is 9.64 Å². The summed E-state index contributed by atoms with van der Waals surface area (Å²) in [6, 6.07) is 13.7. The number of ether oxygens (including phenoxy) is 1. The van der Waals surface area contributed by atoms with Crippen molar-refractivity contribution in [2.45, 2.75) is 39.3 Å². The minimum absolute atomic E-state index is 0.00536. The van der Waals surface area contributed by atoms with E-state index >= 15 is 0 Å². The van der Waals surface area contributed by atoms with Gasteiger partial charge in [0, 0.05) is 24.1 Å². The summed E-state index contributed by atoms with van der Waals surface area (Å²) in [5.41, 5.74) is 4.17. The summed E-state index contributed by atoms with van der Waals surface area (Å²) in [5, 5.41) is 23.1. The van der Waals surface area contributed by atoms with Crippen molar-refractivity contribution in [1.29, 1.82) is 0 Å². The molecule has 0 radical (unpaired) electrons. The van der Waals surface area contributed by atoms with Crippen molar-refractivity contribution in [2.75, 3.05) is 4.90 Å². The summed E-state index contributed by atoms with van der Waals surface area (Å²) in [7, 11) is 0. The number of anilines is 1. The van der Waals surface area contributed by atoms with Crippen molar-refractivity contribution < 1.29 is 24.4 Å². The van der Waals surface area contributed by atoms with E-state index in [9.17, 15) is 24.8 Å². The molecule has 1 fully saturated rings. The summed E-state index contributed by atoms with van der Waals surface area (Å²) < 4.78 is 6.62. The first-order chi connectivity index (χ1) is 18.6. The second-order valence-corrected chi connectivity index (χ2v) is 10.9. The van der Waals surface area contributed by atoms with Crippen LogP contribution in [0.4, 0.5) is 10.8 Å². The molecule has 2 aliphatic heterocycles. The fraction of sp³-hybridized carbons (Fsp3) is 0.207. The van der Waals surface area contributed by atoms with Crippen LogP contribution in [0.3, 0.4) is 0 Å². The van der Waals surface area contributed by atoms with E-state index in [4.69, 9.17) is 9.72 Å². The van der Waals surface area contributed by atoms with Crippen LogP contribution in [0.1, 0.15) is 40.8 Å². The zero-order valence-electron chi connectivity index (χ0n) is 21.3. The van der Waals surface area contributed by atoms with Gasteiger partial charge in [0.25, 0.3) is 11.5 Å². The topological polar surface area (TPSA) is 123 Å². The number of nitro benzene ring substituents is 1. The number of aryl methyl sites for hydroxylation is 2. The largest absolute Gasteiger partial charge is 0.507 e. The van der Waals surface area contributed by atoms with Crippen LogP contribution in [0.15, 0.2) is 60.2 Å². The third-order valence-electron chi connectivity index (χ3n) is 7.06. The molecule has 0 aliphatic carbocycles. The maximum Gasteiger partial charge on any atom is 0.301 e. The highest BCUT2D eigenvalue weighted by molar-refractivity contribution is 7.22. The number of fused-ring (bicyclic) bond motifs is 2. The number of Topliss-reactive ketones (excluding diaryl/α,β-unsaturated/α-hetero) is 1. The van der Waals surface area contributed by atoms with Gasteiger partial charge < -0.3 is 9.84 Å². The maximum atomic E-state index is 13.5. The highest BCUT2D eigenvalue weighted by atomic mass is 32.1. The number of rotatable bonds is 4. The molecule has 196 valence electrons. The number of benzene rings is 3. The summed E-state index contributed by atoms with van der Waals surface area (Å²) in [6.07, 6.45) is 0.648. The molecule has 1 aromatic heterocycles. The third kappa shape index (κ3) is 4.04. The van der Waals surface area contributed by atoms with E-state index in [1.54, 1.807) is 18.2 Å². The molecule has 0 unspecified atom stereocenters. The number of aliphatic hydroxyl groups excluding tert-OH is 1. The summed E-state index contributed by atoms with van der Waals surface area (Å²) >= 11 is 1.27. The number of aromatic nitrogens is 1. The Hall–Kier alpha value is -4.57. The lowest BCUT2D eigenvalue weighted by Gasteiger charge is -2.23. The number of hydrogen-bond acceptors (Lipinski definition) is 8. The zero-order valence-corrected chi connectivity index (χ0v) is 22.1. The van der Waals surface area contributed by atoms with Gasteiger partial charge in [0.05, 0.1) is 26.8 Å². The molecule has 39 heavy (non-hydrogen) atoms. The number of nitrogens with zero attached hydrogens (tertiary/aromatic N) is 3. The van der Waals surface area contributed by atoms with Gasteiger partial charge in [0.15, 0.2) is 5.13 Å². The minimum atomic E-state index is -1.03. The Kier molecular flexibility index (Phi) is 5.72. The second-order valence-electron chi connectivity index (χ2n) is 9.90. The third-order valence-corrected chi connectivity index (χ3v) is 8.06. The second kappa shape index (κ2) is 9.02. The Bertz CT molecular complexity index is 1740. The number of non-ortho nitro benzene ring substituents is 1. The number of carbonyl (C=O) groups excluding carboxylic acids is 2. The highest BCUT2D eigenvalue weighted by Crippen LogP contribution is 2.45. The van der Waals surface area contributed by atoms with Crippen LogP contribution in [0.2, 0.25) is 0 Å². The molecule has 3 heterocycles. The van der Waals surface area contributed by atoms with E-state index in [0.29, 0.717) is 28.4 Å². The summed E-state index contributed by atoms with van der Waals surface area (Å²) in [5.74, 6) is -1.29. The molecule has 0 spiro atoms. The van der Waals surface area contributed by atoms with Gasteiger partial charge >= 0.3 is 5.91 Å². The van der Waals surface area contributed by atoms with Crippen molar-refractivity contribution in [3.05, 3.63) is 98.1 Å². The smallest absolute Gasteiger partial charge is 0.301 e. The van der Waals surface area contributed by atoms with E-state index in [0.717, 1.165) is 26.9 Å². The molecule has 2 aliphatic rings. The molecule has 0 bridgehead atoms. The van der Waals surface area contributed by atoms with Crippen molar-refractivity contribution in [1.82, 2.24) is 4.98 Å². The average Bonchev–Trinajstić information content (AvgIpc) is 3.56. The average molecular weight is 542 g/mol. The molecule has 1 N–H and O–H groups in total. The predicted octanol–water partition coefficient (Wildman–Crippen LogP) is 5.77. The van der Waals surface area contributed by atoms with E-state index in [2.05, 4.69) is 0 Å². The Labute approximate surface area is 227 Å². The van der Waals surface area contributed by atoms with Gasteiger partial charge in [-0.05, 0) is 79.4 Å². The molecular weight excluding hydrogens is 518 g/mol. The monoisotopic (exact) mass is 541 g/mol. The number of amides is 1. The fourth-order valence-electron chi connectivity index (χ4n) is 5.31. The van der Waals surface area contributed by atoms with Crippen LogP contribution in [-0.4, -0.2) is 32.8 Å². The molecule has 4 aromatic rings. The maximum absolute atomic E-state index is 13.5. The van der Waals surface area contributed by atoms with E-state index in [1.807, 2.05) is 32.9 Å². The van der Waals surface area contributed by atoms with Gasteiger partial charge in [-0.15, -0.1) is 0 Å². The summed E-state index contributed by atoms with van der Waals surface area (Å²) in [6.45, 7) is 5.84. The first-order valence-electron chi connectivity index (χ1n) is 12.4. The Morgan fingerprint density at radius 1 is 1.13 bits per heavy atom. The van der Waals surface area contributed by atoms with Crippen LogP contribution in [-0.2, 0) is 16.0 Å². The molecular formula is C29H23N3O6S. The standard InChI is InChI=1S/C29H23N3O6S/c1-14-10-15(2)24-22(11-14)39-29(30-24)31-25(17-4-7-20(8-5-17)32(36)37)23(27(34)28(31)35)26(33)18-6-9-21-19(13-18)12-16(3)38-21/h4-11,13,16,25,33H,12H2,1-3H3/t16-,25-/m0/s1. The molecule has 3 aromatic carbocycles. The van der Waals surface area contributed by atoms with Crippen LogP contribution in [0, 0.1) is 24.0 Å². The van der Waals surface area contributed by atoms with Crippen LogP contribution >= 0.6 is 11.3 Å². The first-order valence-corrected chi connectivity index (χ1v) is 13.2. The van der Waals surface area contributed by atoms with Gasteiger partial charge in [-0.2, -0.15) is 0 Å². The zero-order chi connectivity index (χ0) is 27.6. The molecule has 1 saturated heterocycles.